The molecule has 0 radical (unpaired) electrons. The van der Waals surface area contributed by atoms with E-state index in [2.05, 4.69) is 0 Å². The van der Waals surface area contributed by atoms with Gasteiger partial charge in [-0.05, 0) is 26.8 Å². The second kappa shape index (κ2) is 3.65. The number of nitrogen functional groups attached to an aromatic ring is 1. The number of carbonyl (C=O) groups is 1. The Labute approximate surface area is 88.0 Å². The molecule has 80 valence electrons. The van der Waals surface area contributed by atoms with Crippen LogP contribution in [-0.4, -0.2) is 16.3 Å². The van der Waals surface area contributed by atoms with Crippen LogP contribution < -0.4 is 5.73 Å². The lowest BCUT2D eigenvalue weighted by Crippen LogP contribution is -2.27. The van der Waals surface area contributed by atoms with Crippen LogP contribution in [0.1, 0.15) is 26.3 Å². The Morgan fingerprint density at radius 2 is 2.20 bits per heavy atom. The predicted octanol–water partition coefficient (Wildman–Crippen LogP) is 1.73. The molecular weight excluding hydrogens is 194 g/mol. The number of anilines is 1. The van der Waals surface area contributed by atoms with E-state index in [4.69, 9.17) is 15.7 Å². The highest BCUT2D eigenvalue weighted by Crippen LogP contribution is 2.15. The van der Waals surface area contributed by atoms with Gasteiger partial charge in [-0.25, -0.2) is 9.36 Å². The first-order valence-corrected chi connectivity index (χ1v) is 4.45. The largest absolute Gasteiger partial charge is 0.443 e. The van der Waals surface area contributed by atoms with Crippen molar-refractivity contribution >= 4 is 11.9 Å². The third kappa shape index (κ3) is 2.50. The molecule has 0 spiro atoms. The second-order valence-electron chi connectivity index (χ2n) is 4.08. The molecule has 0 unspecified atom stereocenters. The number of carbonyl (C=O) groups excluding carboxylic acids is 1. The summed E-state index contributed by atoms with van der Waals surface area (Å²) in [6, 6.07) is 3.35. The molecule has 0 fully saturated rings. The number of hydrogen-bond donors (Lipinski definition) is 1. The molecule has 0 aromatic carbocycles. The summed E-state index contributed by atoms with van der Waals surface area (Å²) in [5, 5.41) is 8.65. The predicted molar refractivity (Wildman–Crippen MR) is 55.2 cm³/mol. The standard InChI is InChI=1S/C10H13N3O2/c1-10(2,3)15-9(14)13-5-4-7(6-11)8(13)12/h4-5H,12H2,1-3H3. The summed E-state index contributed by atoms with van der Waals surface area (Å²) < 4.78 is 6.21. The summed E-state index contributed by atoms with van der Waals surface area (Å²) in [6.45, 7) is 5.28. The van der Waals surface area contributed by atoms with E-state index < -0.39 is 11.7 Å². The molecule has 1 rings (SSSR count). The van der Waals surface area contributed by atoms with E-state index >= 15 is 0 Å². The summed E-state index contributed by atoms with van der Waals surface area (Å²) in [6.07, 6.45) is 0.837. The first-order chi connectivity index (χ1) is 6.85. The normalized spacial score (nSPS) is 10.8. The van der Waals surface area contributed by atoms with Crippen molar-refractivity contribution < 1.29 is 9.53 Å². The zero-order valence-electron chi connectivity index (χ0n) is 8.94. The molecule has 1 heterocycles. The summed E-state index contributed by atoms with van der Waals surface area (Å²) in [4.78, 5) is 11.6. The molecule has 1 aromatic heterocycles. The summed E-state index contributed by atoms with van der Waals surface area (Å²) in [7, 11) is 0. The quantitative estimate of drug-likeness (QED) is 0.702. The number of aromatic nitrogens is 1. The van der Waals surface area contributed by atoms with Crippen molar-refractivity contribution in [2.45, 2.75) is 26.4 Å². The van der Waals surface area contributed by atoms with Gasteiger partial charge in [-0.3, -0.25) is 0 Å². The van der Waals surface area contributed by atoms with Crippen molar-refractivity contribution in [2.75, 3.05) is 5.73 Å². The van der Waals surface area contributed by atoms with E-state index in [1.54, 1.807) is 20.8 Å². The van der Waals surface area contributed by atoms with Gasteiger partial charge in [0.15, 0.2) is 0 Å². The van der Waals surface area contributed by atoms with E-state index in [9.17, 15) is 4.79 Å². The van der Waals surface area contributed by atoms with Crippen molar-refractivity contribution in [1.29, 1.82) is 5.26 Å². The topological polar surface area (TPSA) is 81.0 Å². The molecular formula is C10H13N3O2. The Morgan fingerprint density at radius 3 is 2.60 bits per heavy atom. The molecule has 0 aliphatic carbocycles. The van der Waals surface area contributed by atoms with Crippen molar-refractivity contribution in [3.05, 3.63) is 17.8 Å². The SMILES string of the molecule is CC(C)(C)OC(=O)n1ccc(C#N)c1N. The van der Waals surface area contributed by atoms with Crippen LogP contribution in [0, 0.1) is 11.3 Å². The minimum Gasteiger partial charge on any atom is -0.443 e. The van der Waals surface area contributed by atoms with E-state index in [0.717, 1.165) is 4.57 Å². The van der Waals surface area contributed by atoms with Crippen LogP contribution in [0.2, 0.25) is 0 Å². The Bertz CT molecular complexity index is 421. The Kier molecular flexibility index (Phi) is 2.71. The smallest absolute Gasteiger partial charge is 0.420 e. The highest BCUT2D eigenvalue weighted by Gasteiger charge is 2.19. The Balaban J connectivity index is 2.94. The zero-order valence-corrected chi connectivity index (χ0v) is 8.94. The number of rotatable bonds is 0. The molecule has 0 saturated heterocycles. The molecule has 2 N–H and O–H groups in total. The van der Waals surface area contributed by atoms with Crippen LogP contribution >= 0.6 is 0 Å². The lowest BCUT2D eigenvalue weighted by Gasteiger charge is -2.19. The van der Waals surface area contributed by atoms with Gasteiger partial charge in [0.1, 0.15) is 17.5 Å². The maximum atomic E-state index is 11.6. The molecule has 0 bridgehead atoms. The van der Waals surface area contributed by atoms with Crippen molar-refractivity contribution in [2.24, 2.45) is 0 Å². The number of hydrogen-bond acceptors (Lipinski definition) is 4. The van der Waals surface area contributed by atoms with Crippen LogP contribution in [0.3, 0.4) is 0 Å². The lowest BCUT2D eigenvalue weighted by atomic mass is 10.2. The molecule has 5 heteroatoms. The zero-order chi connectivity index (χ0) is 11.6. The monoisotopic (exact) mass is 207 g/mol. The van der Waals surface area contributed by atoms with E-state index in [-0.39, 0.29) is 11.4 Å². The van der Waals surface area contributed by atoms with Gasteiger partial charge in [-0.15, -0.1) is 0 Å². The van der Waals surface area contributed by atoms with E-state index in [0.29, 0.717) is 0 Å². The van der Waals surface area contributed by atoms with Crippen LogP contribution in [0.4, 0.5) is 10.6 Å². The maximum Gasteiger partial charge on any atom is 0.420 e. The third-order valence-corrected chi connectivity index (χ3v) is 1.64. The molecule has 0 saturated carbocycles. The molecule has 0 aliphatic rings. The van der Waals surface area contributed by atoms with Gasteiger partial charge < -0.3 is 10.5 Å². The Morgan fingerprint density at radius 1 is 1.60 bits per heavy atom. The van der Waals surface area contributed by atoms with Gasteiger partial charge in [-0.2, -0.15) is 5.26 Å². The van der Waals surface area contributed by atoms with Gasteiger partial charge in [0, 0.05) is 6.20 Å². The maximum absolute atomic E-state index is 11.6. The van der Waals surface area contributed by atoms with Gasteiger partial charge in [0.05, 0.1) is 5.56 Å². The first-order valence-electron chi connectivity index (χ1n) is 4.45. The summed E-state index contributed by atoms with van der Waals surface area (Å²) in [5.74, 6) is 0.103. The van der Waals surface area contributed by atoms with Crippen molar-refractivity contribution in [1.82, 2.24) is 4.57 Å². The fraction of sp³-hybridized carbons (Fsp3) is 0.400. The number of nitrogens with two attached hydrogens (primary N) is 1. The minimum absolute atomic E-state index is 0.103. The van der Waals surface area contributed by atoms with Crippen LogP contribution in [0.5, 0.6) is 0 Å². The number of nitriles is 1. The van der Waals surface area contributed by atoms with Crippen LogP contribution in [-0.2, 0) is 4.74 Å². The highest BCUT2D eigenvalue weighted by atomic mass is 16.6. The average molecular weight is 207 g/mol. The van der Waals surface area contributed by atoms with Gasteiger partial charge >= 0.3 is 6.09 Å². The third-order valence-electron chi connectivity index (χ3n) is 1.64. The molecule has 0 atom stereocenters. The number of ether oxygens (including phenoxy) is 1. The fourth-order valence-corrected chi connectivity index (χ4v) is 1.01. The highest BCUT2D eigenvalue weighted by molar-refractivity contribution is 5.77. The van der Waals surface area contributed by atoms with E-state index in [1.807, 2.05) is 6.07 Å². The average Bonchev–Trinajstić information content (AvgIpc) is 2.43. The summed E-state index contributed by atoms with van der Waals surface area (Å²) in [5.41, 5.74) is 5.26. The minimum atomic E-state index is -0.583. The van der Waals surface area contributed by atoms with Crippen molar-refractivity contribution in [3.63, 3.8) is 0 Å². The fourth-order valence-electron chi connectivity index (χ4n) is 1.01. The summed E-state index contributed by atoms with van der Waals surface area (Å²) >= 11 is 0. The van der Waals surface area contributed by atoms with Crippen molar-refractivity contribution in [3.8, 4) is 6.07 Å². The van der Waals surface area contributed by atoms with Gasteiger partial charge in [0.2, 0.25) is 0 Å². The molecule has 0 amide bonds. The van der Waals surface area contributed by atoms with Gasteiger partial charge in [0.25, 0.3) is 0 Å². The van der Waals surface area contributed by atoms with Crippen LogP contribution in [0.25, 0.3) is 0 Å². The van der Waals surface area contributed by atoms with Gasteiger partial charge in [-0.1, -0.05) is 0 Å². The van der Waals surface area contributed by atoms with Crippen LogP contribution in [0.15, 0.2) is 12.3 Å². The van der Waals surface area contributed by atoms with E-state index in [1.165, 1.54) is 12.3 Å². The molecule has 15 heavy (non-hydrogen) atoms. The number of nitrogens with zero attached hydrogens (tertiary/aromatic N) is 2. The lowest BCUT2D eigenvalue weighted by molar-refractivity contribution is 0.0541. The molecule has 0 aliphatic heterocycles. The second-order valence-corrected chi connectivity index (χ2v) is 4.08. The first kappa shape index (κ1) is 11.1. The molecule has 1 aromatic rings. The molecule has 5 nitrogen and oxygen atoms in total. The Hall–Kier alpha value is -1.96.